The first-order chi connectivity index (χ1) is 6.04. The smallest absolute Gasteiger partial charge is 0.308 e. The Labute approximate surface area is 79.7 Å². The Hall–Kier alpha value is -0.570. The van der Waals surface area contributed by atoms with Gasteiger partial charge in [-0.1, -0.05) is 0 Å². The molecular weight excluding hydrogens is 166 g/mol. The zero-order valence-corrected chi connectivity index (χ0v) is 8.66. The zero-order chi connectivity index (χ0) is 10.0. The maximum atomic E-state index is 10.9. The summed E-state index contributed by atoms with van der Waals surface area (Å²) in [6, 6.07) is 0.642. The molecule has 13 heavy (non-hydrogen) atoms. The van der Waals surface area contributed by atoms with E-state index in [9.17, 15) is 4.79 Å². The number of carbonyl (C=O) groups is 1. The Morgan fingerprint density at radius 2 is 2.15 bits per heavy atom. The summed E-state index contributed by atoms with van der Waals surface area (Å²) in [6.45, 7) is 7.32. The number of rotatable bonds is 2. The van der Waals surface area contributed by atoms with Crippen LogP contribution in [0.1, 0.15) is 33.6 Å². The molecule has 0 bridgehead atoms. The number of hydrogen-bond acceptors (Lipinski definition) is 2. The molecule has 0 amide bonds. The van der Waals surface area contributed by atoms with E-state index < -0.39 is 5.97 Å². The molecular formula is C10H19NO2. The predicted octanol–water partition coefficient (Wildman–Crippen LogP) is 1.58. The van der Waals surface area contributed by atoms with Gasteiger partial charge in [0.1, 0.15) is 0 Å². The van der Waals surface area contributed by atoms with Crippen molar-refractivity contribution in [2.24, 2.45) is 5.92 Å². The number of piperidine rings is 1. The van der Waals surface area contributed by atoms with Gasteiger partial charge in [-0.15, -0.1) is 0 Å². The first-order valence-corrected chi connectivity index (χ1v) is 5.02. The summed E-state index contributed by atoms with van der Waals surface area (Å²) in [4.78, 5) is 13.2. The highest BCUT2D eigenvalue weighted by Gasteiger charge is 2.33. The van der Waals surface area contributed by atoms with Gasteiger partial charge in [-0.25, -0.2) is 0 Å². The Balaban J connectivity index is 2.65. The summed E-state index contributed by atoms with van der Waals surface area (Å²) in [5.41, 5.74) is 0. The second kappa shape index (κ2) is 4.09. The lowest BCUT2D eigenvalue weighted by Crippen LogP contribution is -2.49. The van der Waals surface area contributed by atoms with Crippen molar-refractivity contribution < 1.29 is 9.90 Å². The Morgan fingerprint density at radius 3 is 2.62 bits per heavy atom. The molecule has 0 aliphatic carbocycles. The third-order valence-corrected chi connectivity index (χ3v) is 3.02. The highest BCUT2D eigenvalue weighted by molar-refractivity contribution is 5.70. The van der Waals surface area contributed by atoms with Crippen LogP contribution in [-0.4, -0.2) is 34.6 Å². The Kier molecular flexibility index (Phi) is 3.31. The average Bonchev–Trinajstić information content (AvgIpc) is 2.03. The van der Waals surface area contributed by atoms with Gasteiger partial charge in [0.25, 0.3) is 0 Å². The number of carboxylic acids is 1. The van der Waals surface area contributed by atoms with E-state index in [1.54, 1.807) is 0 Å². The maximum Gasteiger partial charge on any atom is 0.308 e. The molecule has 1 rings (SSSR count). The molecule has 1 saturated heterocycles. The van der Waals surface area contributed by atoms with Gasteiger partial charge in [-0.3, -0.25) is 9.69 Å². The fraction of sp³-hybridized carbons (Fsp3) is 0.900. The minimum Gasteiger partial charge on any atom is -0.481 e. The van der Waals surface area contributed by atoms with Crippen molar-refractivity contribution in [2.75, 3.05) is 6.54 Å². The monoisotopic (exact) mass is 185 g/mol. The van der Waals surface area contributed by atoms with Crippen LogP contribution in [0.5, 0.6) is 0 Å². The SMILES string of the molecule is CC(C)N1CCCC(C(=O)O)C1C. The van der Waals surface area contributed by atoms with Crippen molar-refractivity contribution in [3.05, 3.63) is 0 Å². The molecule has 3 nitrogen and oxygen atoms in total. The van der Waals surface area contributed by atoms with Crippen molar-refractivity contribution in [3.63, 3.8) is 0 Å². The van der Waals surface area contributed by atoms with Crippen molar-refractivity contribution in [3.8, 4) is 0 Å². The maximum absolute atomic E-state index is 10.9. The van der Waals surface area contributed by atoms with E-state index in [0.29, 0.717) is 6.04 Å². The van der Waals surface area contributed by atoms with E-state index in [4.69, 9.17) is 5.11 Å². The van der Waals surface area contributed by atoms with E-state index in [2.05, 4.69) is 18.7 Å². The number of hydrogen-bond donors (Lipinski definition) is 1. The van der Waals surface area contributed by atoms with E-state index in [1.807, 2.05) is 6.92 Å². The molecule has 1 heterocycles. The van der Waals surface area contributed by atoms with Crippen LogP contribution in [0, 0.1) is 5.92 Å². The van der Waals surface area contributed by atoms with Gasteiger partial charge in [0.15, 0.2) is 0 Å². The number of aliphatic carboxylic acids is 1. The number of likely N-dealkylation sites (tertiary alicyclic amines) is 1. The summed E-state index contributed by atoms with van der Waals surface area (Å²) in [5.74, 6) is -0.811. The van der Waals surface area contributed by atoms with Crippen LogP contribution >= 0.6 is 0 Å². The third kappa shape index (κ3) is 2.21. The highest BCUT2D eigenvalue weighted by atomic mass is 16.4. The average molecular weight is 185 g/mol. The van der Waals surface area contributed by atoms with Crippen LogP contribution in [0.3, 0.4) is 0 Å². The minimum absolute atomic E-state index is 0.170. The third-order valence-electron chi connectivity index (χ3n) is 3.02. The van der Waals surface area contributed by atoms with E-state index in [1.165, 1.54) is 0 Å². The van der Waals surface area contributed by atoms with E-state index >= 15 is 0 Å². The summed E-state index contributed by atoms with van der Waals surface area (Å²) >= 11 is 0. The van der Waals surface area contributed by atoms with Crippen LogP contribution in [-0.2, 0) is 4.79 Å². The molecule has 0 aromatic rings. The molecule has 3 heteroatoms. The fourth-order valence-corrected chi connectivity index (χ4v) is 2.23. The molecule has 0 radical (unpaired) electrons. The van der Waals surface area contributed by atoms with Crippen molar-refractivity contribution in [1.82, 2.24) is 4.90 Å². The topological polar surface area (TPSA) is 40.5 Å². The summed E-state index contributed by atoms with van der Waals surface area (Å²) in [6.07, 6.45) is 1.85. The lowest BCUT2D eigenvalue weighted by molar-refractivity contribution is -0.146. The molecule has 0 aromatic heterocycles. The van der Waals surface area contributed by atoms with Gasteiger partial charge in [-0.05, 0) is 40.2 Å². The van der Waals surface area contributed by atoms with Gasteiger partial charge < -0.3 is 5.11 Å². The van der Waals surface area contributed by atoms with Gasteiger partial charge in [0.2, 0.25) is 0 Å². The second-order valence-corrected chi connectivity index (χ2v) is 4.16. The van der Waals surface area contributed by atoms with Crippen LogP contribution < -0.4 is 0 Å². The first-order valence-electron chi connectivity index (χ1n) is 5.02. The van der Waals surface area contributed by atoms with Crippen molar-refractivity contribution in [2.45, 2.75) is 45.7 Å². The minimum atomic E-state index is -0.641. The molecule has 0 saturated carbocycles. The van der Waals surface area contributed by atoms with Gasteiger partial charge in [-0.2, -0.15) is 0 Å². The molecule has 1 fully saturated rings. The highest BCUT2D eigenvalue weighted by Crippen LogP contribution is 2.25. The lowest BCUT2D eigenvalue weighted by atomic mass is 9.89. The molecule has 1 N–H and O–H groups in total. The van der Waals surface area contributed by atoms with E-state index in [-0.39, 0.29) is 12.0 Å². The summed E-state index contributed by atoms with van der Waals surface area (Å²) < 4.78 is 0. The predicted molar refractivity (Wildman–Crippen MR) is 51.7 cm³/mol. The van der Waals surface area contributed by atoms with Crippen molar-refractivity contribution >= 4 is 5.97 Å². The molecule has 2 unspecified atom stereocenters. The van der Waals surface area contributed by atoms with Crippen LogP contribution in [0.2, 0.25) is 0 Å². The lowest BCUT2D eigenvalue weighted by Gasteiger charge is -2.40. The number of carboxylic acid groups (broad SMARTS) is 1. The zero-order valence-electron chi connectivity index (χ0n) is 8.66. The fourth-order valence-electron chi connectivity index (χ4n) is 2.23. The Morgan fingerprint density at radius 1 is 1.54 bits per heavy atom. The van der Waals surface area contributed by atoms with Crippen LogP contribution in [0.4, 0.5) is 0 Å². The molecule has 1 aliphatic rings. The molecule has 2 atom stereocenters. The molecule has 76 valence electrons. The summed E-state index contributed by atoms with van der Waals surface area (Å²) in [5, 5.41) is 8.98. The van der Waals surface area contributed by atoms with Gasteiger partial charge in [0, 0.05) is 12.1 Å². The van der Waals surface area contributed by atoms with Gasteiger partial charge >= 0.3 is 5.97 Å². The quantitative estimate of drug-likeness (QED) is 0.710. The second-order valence-electron chi connectivity index (χ2n) is 4.16. The Bertz CT molecular complexity index is 191. The van der Waals surface area contributed by atoms with Crippen LogP contribution in [0.25, 0.3) is 0 Å². The largest absolute Gasteiger partial charge is 0.481 e. The standard InChI is InChI=1S/C10H19NO2/c1-7(2)11-6-4-5-9(8(11)3)10(12)13/h7-9H,4-6H2,1-3H3,(H,12,13). The summed E-state index contributed by atoms with van der Waals surface area (Å²) in [7, 11) is 0. The van der Waals surface area contributed by atoms with Crippen LogP contribution in [0.15, 0.2) is 0 Å². The van der Waals surface area contributed by atoms with E-state index in [0.717, 1.165) is 19.4 Å². The van der Waals surface area contributed by atoms with Gasteiger partial charge in [0.05, 0.1) is 5.92 Å². The van der Waals surface area contributed by atoms with Crippen molar-refractivity contribution in [1.29, 1.82) is 0 Å². The number of nitrogens with zero attached hydrogens (tertiary/aromatic N) is 1. The molecule has 0 aromatic carbocycles. The molecule has 1 aliphatic heterocycles. The normalized spacial score (nSPS) is 30.8. The first kappa shape index (κ1) is 10.5. The molecule has 0 spiro atoms.